The standard InChI is InChI=1S/C6AsF9/c8-1(4(11)12)7(2(9)5(13)14)3(10)6(15)16. The van der Waals surface area contributed by atoms with Crippen molar-refractivity contribution in [2.24, 2.45) is 0 Å². The first-order valence-electron chi connectivity index (χ1n) is 3.12. The Balaban J connectivity index is 5.71. The predicted molar refractivity (Wildman–Crippen MR) is 36.8 cm³/mol. The number of hydrogen-bond donors (Lipinski definition) is 0. The molecule has 0 aliphatic rings. The van der Waals surface area contributed by atoms with Crippen LogP contribution in [0.4, 0.5) is 39.5 Å². The van der Waals surface area contributed by atoms with E-state index in [9.17, 15) is 39.5 Å². The minimum absolute atomic E-state index is 2.90. The van der Waals surface area contributed by atoms with Crippen molar-refractivity contribution < 1.29 is 39.5 Å². The van der Waals surface area contributed by atoms with Gasteiger partial charge >= 0.3 is 86.3 Å². The average Bonchev–Trinajstić information content (AvgIpc) is 2.16. The van der Waals surface area contributed by atoms with Crippen LogP contribution < -0.4 is 0 Å². The molecule has 0 rings (SSSR count). The Kier molecular flexibility index (Phi) is 5.70. The molecule has 0 nitrogen and oxygen atoms in total. The van der Waals surface area contributed by atoms with Crippen molar-refractivity contribution in [3.63, 3.8) is 0 Å². The summed E-state index contributed by atoms with van der Waals surface area (Å²) in [4.78, 5) is 0. The van der Waals surface area contributed by atoms with E-state index in [2.05, 4.69) is 0 Å². The molecule has 0 heterocycles. The number of rotatable bonds is 3. The van der Waals surface area contributed by atoms with Crippen LogP contribution in [0.3, 0.4) is 0 Å². The van der Waals surface area contributed by atoms with E-state index in [1.54, 1.807) is 0 Å². The second-order valence-electron chi connectivity index (χ2n) is 1.99. The van der Waals surface area contributed by atoms with Gasteiger partial charge in [0.2, 0.25) is 0 Å². The van der Waals surface area contributed by atoms with Gasteiger partial charge in [-0.05, 0) is 0 Å². The third kappa shape index (κ3) is 3.62. The van der Waals surface area contributed by atoms with Crippen molar-refractivity contribution >= 4 is 14.7 Å². The Bertz CT molecular complexity index is 299. The molecule has 0 spiro atoms. The molecule has 0 aromatic rings. The molecule has 0 radical (unpaired) electrons. The first kappa shape index (κ1) is 15.1. The zero-order chi connectivity index (χ0) is 13.0. The van der Waals surface area contributed by atoms with E-state index in [4.69, 9.17) is 0 Å². The first-order chi connectivity index (χ1) is 7.20. The van der Waals surface area contributed by atoms with Crippen LogP contribution in [0.1, 0.15) is 0 Å². The summed E-state index contributed by atoms with van der Waals surface area (Å²) in [6, 6.07) is 0. The third-order valence-corrected chi connectivity index (χ3v) is 4.59. The Hall–Kier alpha value is -0.852. The van der Waals surface area contributed by atoms with E-state index >= 15 is 0 Å². The molecule has 0 atom stereocenters. The van der Waals surface area contributed by atoms with Gasteiger partial charge in [0.25, 0.3) is 0 Å². The fraction of sp³-hybridized carbons (Fsp3) is 0. The molecule has 16 heavy (non-hydrogen) atoms. The molecule has 0 unspecified atom stereocenters. The molecular weight excluding hydrogens is 318 g/mol. The third-order valence-electron chi connectivity index (χ3n) is 1.06. The van der Waals surface area contributed by atoms with E-state index < -0.39 is 46.7 Å². The molecule has 0 aliphatic heterocycles. The van der Waals surface area contributed by atoms with Gasteiger partial charge in [-0.25, -0.2) is 0 Å². The van der Waals surface area contributed by atoms with Gasteiger partial charge in [0.1, 0.15) is 0 Å². The van der Waals surface area contributed by atoms with Gasteiger partial charge < -0.3 is 0 Å². The van der Waals surface area contributed by atoms with E-state index in [-0.39, 0.29) is 0 Å². The molecule has 0 amide bonds. The van der Waals surface area contributed by atoms with E-state index in [0.717, 1.165) is 0 Å². The summed E-state index contributed by atoms with van der Waals surface area (Å²) in [5.74, 6) is 0. The maximum atomic E-state index is 12.4. The topological polar surface area (TPSA) is 0 Å². The normalized spacial score (nSPS) is 10.1. The van der Waals surface area contributed by atoms with Crippen LogP contribution in [0.5, 0.6) is 0 Å². The van der Waals surface area contributed by atoms with E-state index in [1.807, 2.05) is 0 Å². The summed E-state index contributed by atoms with van der Waals surface area (Å²) >= 11 is -5.38. The second-order valence-corrected chi connectivity index (χ2v) is 5.87. The fourth-order valence-corrected chi connectivity index (χ4v) is 2.66. The molecule has 10 heteroatoms. The molecule has 0 saturated carbocycles. The molecule has 0 aromatic carbocycles. The quantitative estimate of drug-likeness (QED) is 0.537. The SMILES string of the molecule is FC(F)=C(F)[As](C(F)=C(F)F)C(F)=C(F)F. The van der Waals surface area contributed by atoms with Crippen molar-refractivity contribution in [1.29, 1.82) is 0 Å². The van der Waals surface area contributed by atoms with Crippen LogP contribution in [0.15, 0.2) is 32.1 Å². The van der Waals surface area contributed by atoms with Crippen LogP contribution in [0.25, 0.3) is 0 Å². The van der Waals surface area contributed by atoms with Gasteiger partial charge in [-0.15, -0.1) is 0 Å². The van der Waals surface area contributed by atoms with Crippen LogP contribution in [-0.4, -0.2) is 14.7 Å². The van der Waals surface area contributed by atoms with Crippen molar-refractivity contribution in [3.8, 4) is 0 Å². The Morgan fingerprint density at radius 1 is 0.438 bits per heavy atom. The van der Waals surface area contributed by atoms with Crippen molar-refractivity contribution in [2.75, 3.05) is 0 Å². The maximum absolute atomic E-state index is 12.4. The summed E-state index contributed by atoms with van der Waals surface area (Å²) in [5.41, 5.74) is 0. The van der Waals surface area contributed by atoms with Crippen molar-refractivity contribution in [3.05, 3.63) is 32.1 Å². The molecule has 0 bridgehead atoms. The van der Waals surface area contributed by atoms with E-state index in [1.165, 1.54) is 0 Å². The molecule has 0 N–H and O–H groups in total. The fourth-order valence-electron chi connectivity index (χ4n) is 0.512. The predicted octanol–water partition coefficient (Wildman–Crippen LogP) is 4.33. The summed E-state index contributed by atoms with van der Waals surface area (Å²) in [5, 5.41) is 0. The summed E-state index contributed by atoms with van der Waals surface area (Å²) in [6.07, 6.45) is -9.94. The summed E-state index contributed by atoms with van der Waals surface area (Å²) in [7, 11) is 0. The zero-order valence-electron chi connectivity index (χ0n) is 6.85. The van der Waals surface area contributed by atoms with Gasteiger partial charge in [-0.3, -0.25) is 0 Å². The summed E-state index contributed by atoms with van der Waals surface area (Å²) < 4.78 is 98.1. The monoisotopic (exact) mass is 318 g/mol. The Morgan fingerprint density at radius 3 is 0.750 bits per heavy atom. The minimum atomic E-state index is -5.38. The molecular formula is C6AsF9. The van der Waals surface area contributed by atoms with Crippen LogP contribution in [-0.2, 0) is 0 Å². The number of halogens is 9. The van der Waals surface area contributed by atoms with Crippen LogP contribution in [0, 0.1) is 0 Å². The molecule has 0 aromatic heterocycles. The number of hydrogen-bond acceptors (Lipinski definition) is 0. The van der Waals surface area contributed by atoms with Gasteiger partial charge in [-0.2, -0.15) is 0 Å². The van der Waals surface area contributed by atoms with Crippen LogP contribution in [0.2, 0.25) is 0 Å². The molecule has 0 fully saturated rings. The first-order valence-corrected chi connectivity index (χ1v) is 5.94. The average molecular weight is 318 g/mol. The second kappa shape index (κ2) is 6.03. The zero-order valence-corrected chi connectivity index (χ0v) is 8.73. The van der Waals surface area contributed by atoms with Gasteiger partial charge in [0.05, 0.1) is 0 Å². The van der Waals surface area contributed by atoms with Gasteiger partial charge in [0.15, 0.2) is 0 Å². The summed E-state index contributed by atoms with van der Waals surface area (Å²) in [6.45, 7) is 0. The van der Waals surface area contributed by atoms with Crippen molar-refractivity contribution in [2.45, 2.75) is 0 Å². The van der Waals surface area contributed by atoms with Gasteiger partial charge in [0, 0.05) is 0 Å². The molecule has 0 saturated heterocycles. The Labute approximate surface area is 87.0 Å². The van der Waals surface area contributed by atoms with E-state index in [0.29, 0.717) is 0 Å². The molecule has 0 aliphatic carbocycles. The van der Waals surface area contributed by atoms with Crippen molar-refractivity contribution in [1.82, 2.24) is 0 Å². The van der Waals surface area contributed by atoms with Crippen LogP contribution >= 0.6 is 0 Å². The Morgan fingerprint density at radius 2 is 0.625 bits per heavy atom. The molecule has 92 valence electrons. The van der Waals surface area contributed by atoms with Gasteiger partial charge in [-0.1, -0.05) is 0 Å².